The Morgan fingerprint density at radius 1 is 0.688 bits per heavy atom. The van der Waals surface area contributed by atoms with E-state index in [-0.39, 0.29) is 35.6 Å². The maximum Gasteiger partial charge on any atom is 0.282 e. The molecule has 2 aromatic rings. The summed E-state index contributed by atoms with van der Waals surface area (Å²) in [6, 6.07) is 29.1. The lowest BCUT2D eigenvalue weighted by Gasteiger charge is -2.50. The molecule has 6 atom stereocenters. The lowest BCUT2D eigenvalue weighted by Crippen LogP contribution is -2.58. The van der Waals surface area contributed by atoms with E-state index in [0.717, 1.165) is 92.9 Å². The number of hydrogen-bond acceptors (Lipinski definition) is 8. The molecule has 0 amide bonds. The van der Waals surface area contributed by atoms with Crippen LogP contribution in [0.25, 0.3) is 0 Å². The Morgan fingerprint density at radius 2 is 1.19 bits per heavy atom. The van der Waals surface area contributed by atoms with Gasteiger partial charge >= 0.3 is 0 Å². The van der Waals surface area contributed by atoms with E-state index >= 15 is 8.42 Å². The SMILES string of the molecule is CC[Si](CC)(CC)O[C@@H](CCc1ccccc1)CC([C@@H]1[C@@H](C/C=C\CCCC23OCC(C)(CO2)CO3)[C@@H](O[Si](CC)(CC)CC)C[C@H]1O[Si](CC)(CC)CC)S(=O)(=O)c1ccccc1. The summed E-state index contributed by atoms with van der Waals surface area (Å²) in [5.41, 5.74) is 1.20. The van der Waals surface area contributed by atoms with Gasteiger partial charge < -0.3 is 27.5 Å². The van der Waals surface area contributed by atoms with Gasteiger partial charge in [-0.05, 0) is 123 Å². The van der Waals surface area contributed by atoms with Crippen molar-refractivity contribution in [3.63, 3.8) is 0 Å². The lowest BCUT2D eigenvalue weighted by molar-refractivity contribution is -0.467. The fraction of sp³-hybridized carbons (Fsp3) is 0.731. The van der Waals surface area contributed by atoms with E-state index in [1.807, 2.05) is 18.2 Å². The van der Waals surface area contributed by atoms with Crippen molar-refractivity contribution in [3.8, 4) is 0 Å². The zero-order valence-electron chi connectivity index (χ0n) is 41.7. The molecule has 8 nitrogen and oxygen atoms in total. The molecule has 3 aliphatic heterocycles. The standard InChI is InChI=1S/C52H88O8SSi3/c1-11-62(12-2,13-3)58-44(36-35-43-30-24-22-25-31-43)38-49(61(53,54)45-32-26-23-27-33-45)50-46(34-28-20-21-29-37-52-55-40-51(10,41-56-52)42-57-52)47(59-63(14-4,15-5)16-6)39-48(50)60-64(17-7,18-8)19-9/h20,22-28,30-33,44,46-50H,11-19,21,29,34-42H2,1-10H3/b28-20-/t44-,46-,47-,48+,49?,50+,51?,52?/m0/s1. The van der Waals surface area contributed by atoms with Gasteiger partial charge in [-0.3, -0.25) is 0 Å². The van der Waals surface area contributed by atoms with Gasteiger partial charge in [-0.2, -0.15) is 0 Å². The Labute approximate surface area is 393 Å². The van der Waals surface area contributed by atoms with Crippen LogP contribution >= 0.6 is 0 Å². The highest BCUT2D eigenvalue weighted by molar-refractivity contribution is 7.92. The molecule has 3 heterocycles. The van der Waals surface area contributed by atoms with Crippen molar-refractivity contribution in [1.82, 2.24) is 0 Å². The fourth-order valence-corrected chi connectivity index (χ4v) is 21.9. The molecule has 0 aromatic heterocycles. The molecule has 4 aliphatic rings. The Hall–Kier alpha value is -1.46. The van der Waals surface area contributed by atoms with Gasteiger partial charge in [0.15, 0.2) is 34.8 Å². The smallest absolute Gasteiger partial charge is 0.282 e. The van der Waals surface area contributed by atoms with Gasteiger partial charge in [-0.25, -0.2) is 8.42 Å². The summed E-state index contributed by atoms with van der Waals surface area (Å²) in [6.07, 6.45) is 9.99. The van der Waals surface area contributed by atoms with Crippen LogP contribution < -0.4 is 0 Å². The van der Waals surface area contributed by atoms with E-state index in [4.69, 9.17) is 27.5 Å². The molecule has 2 bridgehead atoms. The summed E-state index contributed by atoms with van der Waals surface area (Å²) in [4.78, 5) is 0.394. The highest BCUT2D eigenvalue weighted by Gasteiger charge is 2.55. The maximum absolute atomic E-state index is 15.8. The molecule has 12 heteroatoms. The second-order valence-electron chi connectivity index (χ2n) is 19.9. The van der Waals surface area contributed by atoms with E-state index in [9.17, 15) is 0 Å². The van der Waals surface area contributed by atoms with E-state index < -0.39 is 46.0 Å². The molecule has 1 saturated carbocycles. The van der Waals surface area contributed by atoms with Crippen LogP contribution in [-0.2, 0) is 43.7 Å². The third-order valence-corrected chi connectivity index (χ3v) is 32.5. The van der Waals surface area contributed by atoms with Gasteiger partial charge in [-0.15, -0.1) is 0 Å². The predicted octanol–water partition coefficient (Wildman–Crippen LogP) is 13.5. The zero-order chi connectivity index (χ0) is 46.5. The predicted molar refractivity (Wildman–Crippen MR) is 271 cm³/mol. The highest BCUT2D eigenvalue weighted by Crippen LogP contribution is 2.49. The number of benzene rings is 2. The number of hydrogen-bond donors (Lipinski definition) is 0. The third-order valence-electron chi connectivity index (χ3n) is 16.2. The van der Waals surface area contributed by atoms with Crippen molar-refractivity contribution in [2.45, 2.75) is 209 Å². The van der Waals surface area contributed by atoms with Gasteiger partial charge in [-0.1, -0.05) is 130 Å². The molecule has 1 unspecified atom stereocenters. The summed E-state index contributed by atoms with van der Waals surface area (Å²) in [6.45, 7) is 24.7. The first kappa shape index (κ1) is 53.5. The van der Waals surface area contributed by atoms with Crippen LogP contribution in [0.15, 0.2) is 77.7 Å². The minimum atomic E-state index is -3.86. The number of allylic oxidation sites excluding steroid dienone is 2. The fourth-order valence-electron chi connectivity index (χ4n) is 11.0. The van der Waals surface area contributed by atoms with Gasteiger partial charge in [0.05, 0.1) is 42.2 Å². The molecule has 1 aliphatic carbocycles. The summed E-state index contributed by atoms with van der Waals surface area (Å²) in [5.74, 6) is -1.24. The third kappa shape index (κ3) is 13.0. The number of rotatable bonds is 29. The minimum absolute atomic E-state index is 0.0400. The van der Waals surface area contributed by atoms with Crippen molar-refractivity contribution >= 4 is 34.8 Å². The maximum atomic E-state index is 15.8. The van der Waals surface area contributed by atoms with E-state index in [0.29, 0.717) is 37.6 Å². The van der Waals surface area contributed by atoms with Crippen LogP contribution in [0, 0.1) is 17.3 Å². The summed E-state index contributed by atoms with van der Waals surface area (Å²) >= 11 is 0. The summed E-state index contributed by atoms with van der Waals surface area (Å²) < 4.78 is 72.7. The molecular formula is C52H88O8SSi3. The minimum Gasteiger partial charge on any atom is -0.414 e. The molecule has 64 heavy (non-hydrogen) atoms. The molecular weight excluding hydrogens is 869 g/mol. The van der Waals surface area contributed by atoms with Crippen LogP contribution in [0.3, 0.4) is 0 Å². The number of fused-ring (bicyclic) bond motifs is 3. The van der Waals surface area contributed by atoms with E-state index in [1.165, 1.54) is 5.56 Å². The van der Waals surface area contributed by atoms with Crippen LogP contribution in [0.2, 0.25) is 54.4 Å². The monoisotopic (exact) mass is 957 g/mol. The summed E-state index contributed by atoms with van der Waals surface area (Å²) in [7, 11) is -10.3. The molecule has 6 rings (SSSR count). The van der Waals surface area contributed by atoms with Gasteiger partial charge in [0.2, 0.25) is 0 Å². The molecule has 0 N–H and O–H groups in total. The number of ether oxygens (including phenoxy) is 3. The first-order chi connectivity index (χ1) is 30.7. The Bertz CT molecular complexity index is 1750. The highest BCUT2D eigenvalue weighted by atomic mass is 32.2. The quantitative estimate of drug-likeness (QED) is 0.0453. The number of unbranched alkanes of at least 4 members (excludes halogenated alkanes) is 1. The van der Waals surface area contributed by atoms with Crippen LogP contribution in [0.5, 0.6) is 0 Å². The normalized spacial score (nSPS) is 26.5. The van der Waals surface area contributed by atoms with Crippen LogP contribution in [0.1, 0.15) is 120 Å². The average molecular weight is 958 g/mol. The zero-order valence-corrected chi connectivity index (χ0v) is 45.5. The number of aryl methyl sites for hydroxylation is 1. The van der Waals surface area contributed by atoms with Crippen molar-refractivity contribution in [2.75, 3.05) is 19.8 Å². The first-order valence-electron chi connectivity index (χ1n) is 25.6. The van der Waals surface area contributed by atoms with Gasteiger partial charge in [0, 0.05) is 23.9 Å². The van der Waals surface area contributed by atoms with Crippen molar-refractivity contribution in [1.29, 1.82) is 0 Å². The number of sulfone groups is 1. The lowest BCUT2D eigenvalue weighted by atomic mass is 9.85. The largest absolute Gasteiger partial charge is 0.414 e. The second kappa shape index (κ2) is 24.2. The van der Waals surface area contributed by atoms with Crippen LogP contribution in [-0.4, -0.2) is 82.7 Å². The first-order valence-corrected chi connectivity index (χ1v) is 34.8. The van der Waals surface area contributed by atoms with E-state index in [1.54, 1.807) is 12.1 Å². The molecule has 362 valence electrons. The van der Waals surface area contributed by atoms with Crippen molar-refractivity contribution in [3.05, 3.63) is 78.4 Å². The van der Waals surface area contributed by atoms with E-state index in [2.05, 4.69) is 112 Å². The molecule has 3 saturated heterocycles. The molecule has 2 aromatic carbocycles. The average Bonchev–Trinajstić information content (AvgIpc) is 3.66. The van der Waals surface area contributed by atoms with Crippen LogP contribution in [0.4, 0.5) is 0 Å². The molecule has 0 radical (unpaired) electrons. The van der Waals surface area contributed by atoms with Crippen molar-refractivity contribution in [2.24, 2.45) is 17.3 Å². The van der Waals surface area contributed by atoms with Gasteiger partial charge in [0.25, 0.3) is 5.97 Å². The van der Waals surface area contributed by atoms with Gasteiger partial charge in [0.1, 0.15) is 0 Å². The summed E-state index contributed by atoms with van der Waals surface area (Å²) in [5, 5.41) is -0.711. The Kier molecular flexibility index (Phi) is 20.2. The second-order valence-corrected chi connectivity index (χ2v) is 36.2. The Balaban J connectivity index is 1.60. The van der Waals surface area contributed by atoms with Crippen molar-refractivity contribution < 1.29 is 35.9 Å². The molecule has 0 spiro atoms. The topological polar surface area (TPSA) is 89.5 Å². The molecule has 4 fully saturated rings. The Morgan fingerprint density at radius 3 is 1.70 bits per heavy atom.